The molecule has 142 valence electrons. The van der Waals surface area contributed by atoms with Gasteiger partial charge in [0.1, 0.15) is 0 Å². The van der Waals surface area contributed by atoms with Crippen molar-refractivity contribution in [1.82, 2.24) is 15.2 Å². The number of amides is 2. The molecule has 4 heterocycles. The fourth-order valence-corrected chi connectivity index (χ4v) is 3.99. The number of nitrogens with zero attached hydrogens (tertiary/aromatic N) is 2. The Morgan fingerprint density at radius 3 is 2.89 bits per heavy atom. The van der Waals surface area contributed by atoms with Gasteiger partial charge in [0, 0.05) is 16.3 Å². The van der Waals surface area contributed by atoms with Crippen LogP contribution >= 0.6 is 22.7 Å². The molecule has 0 aliphatic carbocycles. The summed E-state index contributed by atoms with van der Waals surface area (Å²) in [6, 6.07) is 9.02. The number of carbonyl (C=O) groups excluding carboxylic acids is 2. The smallest absolute Gasteiger partial charge is 0.293 e. The van der Waals surface area contributed by atoms with E-state index in [2.05, 4.69) is 25.8 Å². The highest BCUT2D eigenvalue weighted by Gasteiger charge is 2.14. The van der Waals surface area contributed by atoms with Gasteiger partial charge in [-0.3, -0.25) is 20.0 Å². The first-order chi connectivity index (χ1) is 13.6. The van der Waals surface area contributed by atoms with Gasteiger partial charge in [-0.15, -0.1) is 22.7 Å². The third kappa shape index (κ3) is 4.18. The zero-order chi connectivity index (χ0) is 19.5. The summed E-state index contributed by atoms with van der Waals surface area (Å²) < 4.78 is 5.03. The number of furan rings is 1. The number of thiophene rings is 1. The minimum Gasteiger partial charge on any atom is -0.459 e. The van der Waals surface area contributed by atoms with Gasteiger partial charge < -0.3 is 9.73 Å². The first-order valence-electron chi connectivity index (χ1n) is 8.28. The lowest BCUT2D eigenvalue weighted by Crippen LogP contribution is -2.15. The first kappa shape index (κ1) is 18.1. The zero-order valence-electron chi connectivity index (χ0n) is 14.7. The van der Waals surface area contributed by atoms with Gasteiger partial charge in [0.15, 0.2) is 16.7 Å². The van der Waals surface area contributed by atoms with Crippen LogP contribution in [-0.4, -0.2) is 27.0 Å². The fourth-order valence-electron chi connectivity index (χ4n) is 2.45. The van der Waals surface area contributed by atoms with Gasteiger partial charge >= 0.3 is 0 Å². The number of aryl methyl sites for hydroxylation is 1. The SMILES string of the molecule is Cc1ccc(-c2cc(NC(=O)Cc3csc(NC(=O)c4ccco4)n3)n[nH]2)s1. The lowest BCUT2D eigenvalue weighted by Gasteiger charge is -1.99. The van der Waals surface area contributed by atoms with Gasteiger partial charge in [-0.25, -0.2) is 4.98 Å². The maximum atomic E-state index is 12.2. The second-order valence-corrected chi connectivity index (χ2v) is 8.02. The molecular weight excluding hydrogens is 398 g/mol. The highest BCUT2D eigenvalue weighted by molar-refractivity contribution is 7.15. The summed E-state index contributed by atoms with van der Waals surface area (Å²) in [4.78, 5) is 30.7. The number of H-pyrrole nitrogens is 1. The molecule has 0 saturated carbocycles. The molecule has 8 nitrogen and oxygen atoms in total. The Morgan fingerprint density at radius 1 is 1.25 bits per heavy atom. The number of aromatic amines is 1. The maximum Gasteiger partial charge on any atom is 0.293 e. The van der Waals surface area contributed by atoms with Gasteiger partial charge in [0.25, 0.3) is 5.91 Å². The van der Waals surface area contributed by atoms with Crippen LogP contribution in [0.1, 0.15) is 21.1 Å². The van der Waals surface area contributed by atoms with Crippen LogP contribution in [0, 0.1) is 6.92 Å². The Balaban J connectivity index is 1.34. The van der Waals surface area contributed by atoms with E-state index in [0.717, 1.165) is 10.6 Å². The number of carbonyl (C=O) groups is 2. The molecule has 3 N–H and O–H groups in total. The number of thiazole rings is 1. The van der Waals surface area contributed by atoms with Crippen LogP contribution in [0.15, 0.2) is 46.4 Å². The molecule has 0 aliphatic heterocycles. The van der Waals surface area contributed by atoms with Gasteiger partial charge in [0.2, 0.25) is 5.91 Å². The molecule has 10 heteroatoms. The van der Waals surface area contributed by atoms with Gasteiger partial charge in [-0.2, -0.15) is 5.10 Å². The number of hydrogen-bond donors (Lipinski definition) is 3. The summed E-state index contributed by atoms with van der Waals surface area (Å²) in [5.74, 6) is 0.0234. The average Bonchev–Trinajstić information content (AvgIpc) is 3.42. The highest BCUT2D eigenvalue weighted by atomic mass is 32.1. The summed E-state index contributed by atoms with van der Waals surface area (Å²) in [5, 5.41) is 14.5. The van der Waals surface area contributed by atoms with E-state index in [9.17, 15) is 9.59 Å². The van der Waals surface area contributed by atoms with E-state index in [1.54, 1.807) is 34.9 Å². The maximum absolute atomic E-state index is 12.2. The quantitative estimate of drug-likeness (QED) is 0.443. The summed E-state index contributed by atoms with van der Waals surface area (Å²) in [7, 11) is 0. The molecule has 0 aromatic carbocycles. The van der Waals surface area contributed by atoms with Crippen molar-refractivity contribution in [3.05, 3.63) is 58.3 Å². The molecule has 0 atom stereocenters. The van der Waals surface area contributed by atoms with E-state index in [4.69, 9.17) is 4.42 Å². The van der Waals surface area contributed by atoms with Crippen LogP contribution in [-0.2, 0) is 11.2 Å². The lowest BCUT2D eigenvalue weighted by atomic mass is 10.3. The zero-order valence-corrected chi connectivity index (χ0v) is 16.3. The summed E-state index contributed by atoms with van der Waals surface area (Å²) in [6.45, 7) is 2.03. The van der Waals surface area contributed by atoms with Crippen molar-refractivity contribution in [2.24, 2.45) is 0 Å². The van der Waals surface area contributed by atoms with E-state index in [1.807, 2.05) is 19.1 Å². The van der Waals surface area contributed by atoms with Gasteiger partial charge in [-0.1, -0.05) is 0 Å². The topological polar surface area (TPSA) is 113 Å². The number of nitrogens with one attached hydrogen (secondary N) is 3. The van der Waals surface area contributed by atoms with Crippen LogP contribution in [0.4, 0.5) is 10.9 Å². The molecule has 2 amide bonds. The molecule has 0 bridgehead atoms. The van der Waals surface area contributed by atoms with E-state index in [1.165, 1.54) is 22.5 Å². The van der Waals surface area contributed by atoms with Crippen molar-refractivity contribution in [1.29, 1.82) is 0 Å². The van der Waals surface area contributed by atoms with Gasteiger partial charge in [-0.05, 0) is 31.2 Å². The molecule has 0 aliphatic rings. The monoisotopic (exact) mass is 413 g/mol. The minimum atomic E-state index is -0.386. The largest absolute Gasteiger partial charge is 0.459 e. The predicted molar refractivity (Wildman–Crippen MR) is 108 cm³/mol. The van der Waals surface area contributed by atoms with E-state index in [0.29, 0.717) is 16.6 Å². The third-order valence-electron chi connectivity index (χ3n) is 3.71. The van der Waals surface area contributed by atoms with Crippen molar-refractivity contribution in [2.45, 2.75) is 13.3 Å². The van der Waals surface area contributed by atoms with Crippen molar-refractivity contribution >= 4 is 45.4 Å². The normalized spacial score (nSPS) is 10.8. The van der Waals surface area contributed by atoms with Crippen molar-refractivity contribution < 1.29 is 14.0 Å². The predicted octanol–water partition coefficient (Wildman–Crippen LogP) is 3.93. The number of hydrogen-bond acceptors (Lipinski definition) is 7. The molecule has 28 heavy (non-hydrogen) atoms. The molecule has 4 aromatic rings. The van der Waals surface area contributed by atoms with Crippen LogP contribution in [0.3, 0.4) is 0 Å². The Bertz CT molecular complexity index is 1110. The lowest BCUT2D eigenvalue weighted by molar-refractivity contribution is -0.115. The molecule has 4 aromatic heterocycles. The van der Waals surface area contributed by atoms with Crippen LogP contribution < -0.4 is 10.6 Å². The van der Waals surface area contributed by atoms with Gasteiger partial charge in [0.05, 0.1) is 28.9 Å². The molecule has 0 saturated heterocycles. The number of anilines is 2. The Kier molecular flexibility index (Phi) is 5.04. The number of aromatic nitrogens is 3. The van der Waals surface area contributed by atoms with Crippen molar-refractivity contribution in [2.75, 3.05) is 10.6 Å². The molecule has 0 spiro atoms. The van der Waals surface area contributed by atoms with E-state index < -0.39 is 0 Å². The minimum absolute atomic E-state index is 0.0768. The van der Waals surface area contributed by atoms with E-state index in [-0.39, 0.29) is 24.0 Å². The highest BCUT2D eigenvalue weighted by Crippen LogP contribution is 2.27. The van der Waals surface area contributed by atoms with Crippen LogP contribution in [0.25, 0.3) is 10.6 Å². The first-order valence-corrected chi connectivity index (χ1v) is 9.98. The molecule has 4 rings (SSSR count). The standard InChI is InChI=1S/C18H15N5O3S2/c1-10-4-5-14(28-10)12-8-15(23-22-12)20-16(24)7-11-9-27-18(19-11)21-17(25)13-3-2-6-26-13/h2-6,8-9H,7H2,1H3,(H,19,21,25)(H2,20,22,23,24). The van der Waals surface area contributed by atoms with Crippen LogP contribution in [0.5, 0.6) is 0 Å². The summed E-state index contributed by atoms with van der Waals surface area (Å²) in [5.41, 5.74) is 1.41. The second-order valence-electron chi connectivity index (χ2n) is 5.88. The molecular formula is C18H15N5O3S2. The van der Waals surface area contributed by atoms with Crippen molar-refractivity contribution in [3.8, 4) is 10.6 Å². The average molecular weight is 413 g/mol. The Morgan fingerprint density at radius 2 is 2.14 bits per heavy atom. The van der Waals surface area contributed by atoms with Crippen LogP contribution in [0.2, 0.25) is 0 Å². The molecule has 0 radical (unpaired) electrons. The van der Waals surface area contributed by atoms with Crippen molar-refractivity contribution in [3.63, 3.8) is 0 Å². The van der Waals surface area contributed by atoms with E-state index >= 15 is 0 Å². The Hall–Kier alpha value is -3.24. The molecule has 0 fully saturated rings. The summed E-state index contributed by atoms with van der Waals surface area (Å²) in [6.07, 6.45) is 1.50. The second kappa shape index (κ2) is 7.79. The Labute approximate surface area is 167 Å². The third-order valence-corrected chi connectivity index (χ3v) is 5.55. The number of rotatable bonds is 6. The fraction of sp³-hybridized carbons (Fsp3) is 0.111. The molecule has 0 unspecified atom stereocenters. The summed E-state index contributed by atoms with van der Waals surface area (Å²) >= 11 is 2.89.